The third-order valence-electron chi connectivity index (χ3n) is 4.04. The lowest BCUT2D eigenvalue weighted by molar-refractivity contribution is -0.142. The van der Waals surface area contributed by atoms with Crippen LogP contribution in [0.1, 0.15) is 18.1 Å². The Kier molecular flexibility index (Phi) is 7.91. The maximum atomic E-state index is 13.9. The van der Waals surface area contributed by atoms with Crippen LogP contribution in [0.25, 0.3) is 0 Å². The van der Waals surface area contributed by atoms with Gasteiger partial charge in [0.15, 0.2) is 0 Å². The van der Waals surface area contributed by atoms with Gasteiger partial charge in [0.05, 0.1) is 0 Å². The predicted molar refractivity (Wildman–Crippen MR) is 110 cm³/mol. The molecule has 0 aliphatic rings. The van der Waals surface area contributed by atoms with Gasteiger partial charge in [-0.1, -0.05) is 30.3 Å². The van der Waals surface area contributed by atoms with E-state index in [2.05, 4.69) is 33.2 Å². The molecule has 0 heterocycles. The van der Waals surface area contributed by atoms with Crippen LogP contribution in [0.4, 0.5) is 4.39 Å². The molecule has 0 aliphatic carbocycles. The topological polar surface area (TPSA) is 95.5 Å². The van der Waals surface area contributed by atoms with E-state index < -0.39 is 35.7 Å². The molecule has 0 bridgehead atoms. The van der Waals surface area contributed by atoms with Gasteiger partial charge in [0.2, 0.25) is 11.8 Å². The van der Waals surface area contributed by atoms with Crippen molar-refractivity contribution in [3.05, 3.63) is 69.0 Å². The minimum atomic E-state index is -1.20. The number of hydrogen-bond acceptors (Lipinski definition) is 3. The highest BCUT2D eigenvalue weighted by atomic mass is 127. The zero-order valence-electron chi connectivity index (χ0n) is 15.1. The third kappa shape index (κ3) is 6.59. The maximum absolute atomic E-state index is 13.9. The Bertz CT molecular complexity index is 858. The largest absolute Gasteiger partial charge is 0.480 e. The summed E-state index contributed by atoms with van der Waals surface area (Å²) in [4.78, 5) is 35.7. The van der Waals surface area contributed by atoms with Gasteiger partial charge in [-0.25, -0.2) is 9.18 Å². The molecule has 2 atom stereocenters. The zero-order chi connectivity index (χ0) is 20.7. The van der Waals surface area contributed by atoms with Crippen LogP contribution in [0.5, 0.6) is 0 Å². The number of benzene rings is 2. The zero-order valence-corrected chi connectivity index (χ0v) is 17.3. The van der Waals surface area contributed by atoms with Crippen molar-refractivity contribution in [3.63, 3.8) is 0 Å². The van der Waals surface area contributed by atoms with Gasteiger partial charge in [0.1, 0.15) is 17.9 Å². The fourth-order valence-corrected chi connectivity index (χ4v) is 3.03. The van der Waals surface area contributed by atoms with Crippen LogP contribution in [-0.4, -0.2) is 35.0 Å². The van der Waals surface area contributed by atoms with E-state index in [9.17, 15) is 23.9 Å². The van der Waals surface area contributed by atoms with Gasteiger partial charge < -0.3 is 15.7 Å². The fraction of sp³-hybridized carbons (Fsp3) is 0.250. The van der Waals surface area contributed by atoms with Crippen molar-refractivity contribution in [1.29, 1.82) is 0 Å². The molecule has 0 saturated heterocycles. The molecule has 0 saturated carbocycles. The molecule has 2 rings (SSSR count). The van der Waals surface area contributed by atoms with Gasteiger partial charge in [-0.05, 0) is 51.9 Å². The van der Waals surface area contributed by atoms with E-state index in [-0.39, 0.29) is 18.4 Å². The van der Waals surface area contributed by atoms with Gasteiger partial charge in [0, 0.05) is 23.3 Å². The number of halogens is 2. The maximum Gasteiger partial charge on any atom is 0.326 e. The second-order valence-electron chi connectivity index (χ2n) is 6.28. The Labute approximate surface area is 175 Å². The van der Waals surface area contributed by atoms with Crippen LogP contribution >= 0.6 is 22.6 Å². The van der Waals surface area contributed by atoms with Crippen LogP contribution < -0.4 is 10.6 Å². The summed E-state index contributed by atoms with van der Waals surface area (Å²) in [6, 6.07) is 10.9. The lowest BCUT2D eigenvalue weighted by atomic mass is 10.0. The fourth-order valence-electron chi connectivity index (χ4n) is 2.67. The van der Waals surface area contributed by atoms with E-state index in [1.807, 2.05) is 12.1 Å². The molecule has 0 unspecified atom stereocenters. The summed E-state index contributed by atoms with van der Waals surface area (Å²) in [5, 5.41) is 14.4. The minimum Gasteiger partial charge on any atom is -0.480 e. The van der Waals surface area contributed by atoms with Gasteiger partial charge in [-0.2, -0.15) is 0 Å². The summed E-state index contributed by atoms with van der Waals surface area (Å²) in [6.07, 6.45) is -0.00155. The van der Waals surface area contributed by atoms with Crippen LogP contribution in [0.15, 0.2) is 48.5 Å². The number of carbonyl (C=O) groups excluding carboxylic acids is 2. The Morgan fingerprint density at radius 2 is 1.64 bits per heavy atom. The minimum absolute atomic E-state index is 0.0878. The first-order chi connectivity index (χ1) is 13.3. The summed E-state index contributed by atoms with van der Waals surface area (Å²) in [5.74, 6) is -2.85. The van der Waals surface area contributed by atoms with Gasteiger partial charge in [0.25, 0.3) is 0 Å². The molecule has 148 valence electrons. The lowest BCUT2D eigenvalue weighted by Crippen LogP contribution is -2.52. The number of hydrogen-bond donors (Lipinski definition) is 3. The molecule has 2 aromatic rings. The quantitative estimate of drug-likeness (QED) is 0.487. The molecule has 2 amide bonds. The second kappa shape index (κ2) is 10.2. The molecular weight excluding hydrogens is 478 g/mol. The first kappa shape index (κ1) is 21.8. The molecular formula is C20H20FIN2O4. The normalized spacial score (nSPS) is 12.7. The van der Waals surface area contributed by atoms with Crippen LogP contribution in [0.2, 0.25) is 0 Å². The summed E-state index contributed by atoms with van der Waals surface area (Å²) in [7, 11) is 0. The summed E-state index contributed by atoms with van der Waals surface area (Å²) in [5.41, 5.74) is 0.999. The number of carboxylic acids is 1. The Hall–Kier alpha value is -2.49. The standard InChI is InChI=1S/C20H20FIN2O4/c1-12(25)23-17(11-14-4-2-3-5-16(14)21)19(26)24-18(20(27)28)10-13-6-8-15(22)9-7-13/h2-9,17-18H,10-11H2,1H3,(H,23,25)(H,24,26)(H,27,28)/t17-,18+/m1/s1. The summed E-state index contributed by atoms with van der Waals surface area (Å²) >= 11 is 2.14. The van der Waals surface area contributed by atoms with Crippen molar-refractivity contribution in [2.24, 2.45) is 0 Å². The average molecular weight is 498 g/mol. The van der Waals surface area contributed by atoms with Gasteiger partial charge in [-0.15, -0.1) is 0 Å². The molecule has 28 heavy (non-hydrogen) atoms. The van der Waals surface area contributed by atoms with Crippen molar-refractivity contribution < 1.29 is 23.9 Å². The monoisotopic (exact) mass is 498 g/mol. The Balaban J connectivity index is 2.14. The van der Waals surface area contributed by atoms with E-state index >= 15 is 0 Å². The van der Waals surface area contributed by atoms with Crippen LogP contribution in [0.3, 0.4) is 0 Å². The van der Waals surface area contributed by atoms with Gasteiger partial charge >= 0.3 is 5.97 Å². The molecule has 0 spiro atoms. The molecule has 2 aromatic carbocycles. The van der Waals surface area contributed by atoms with E-state index in [1.165, 1.54) is 25.1 Å². The highest BCUT2D eigenvalue weighted by molar-refractivity contribution is 14.1. The molecule has 0 aromatic heterocycles. The van der Waals surface area contributed by atoms with Crippen LogP contribution in [0, 0.1) is 9.39 Å². The first-order valence-corrected chi connectivity index (χ1v) is 9.62. The number of carbonyl (C=O) groups is 3. The highest BCUT2D eigenvalue weighted by Crippen LogP contribution is 2.11. The molecule has 3 N–H and O–H groups in total. The number of nitrogens with one attached hydrogen (secondary N) is 2. The second-order valence-corrected chi connectivity index (χ2v) is 7.52. The smallest absolute Gasteiger partial charge is 0.326 e. The van der Waals surface area contributed by atoms with E-state index in [0.717, 1.165) is 9.13 Å². The predicted octanol–water partition coefficient (Wildman–Crippen LogP) is 2.29. The summed E-state index contributed by atoms with van der Waals surface area (Å²) in [6.45, 7) is 1.24. The average Bonchev–Trinajstić information content (AvgIpc) is 2.63. The Morgan fingerprint density at radius 1 is 1.00 bits per heavy atom. The SMILES string of the molecule is CC(=O)N[C@H](Cc1ccccc1F)C(=O)N[C@@H](Cc1ccc(I)cc1)C(=O)O. The Morgan fingerprint density at radius 3 is 2.21 bits per heavy atom. The van der Waals surface area contributed by atoms with Crippen molar-refractivity contribution >= 4 is 40.4 Å². The van der Waals surface area contributed by atoms with Crippen molar-refractivity contribution in [2.45, 2.75) is 31.8 Å². The van der Waals surface area contributed by atoms with Crippen LogP contribution in [-0.2, 0) is 27.2 Å². The third-order valence-corrected chi connectivity index (χ3v) is 4.76. The van der Waals surface area contributed by atoms with E-state index in [1.54, 1.807) is 18.2 Å². The molecule has 0 aliphatic heterocycles. The molecule has 6 nitrogen and oxygen atoms in total. The molecule has 0 fully saturated rings. The lowest BCUT2D eigenvalue weighted by Gasteiger charge is -2.21. The molecule has 0 radical (unpaired) electrons. The summed E-state index contributed by atoms with van der Waals surface area (Å²) < 4.78 is 14.9. The number of rotatable bonds is 8. The van der Waals surface area contributed by atoms with E-state index in [4.69, 9.17) is 0 Å². The first-order valence-electron chi connectivity index (χ1n) is 8.54. The highest BCUT2D eigenvalue weighted by Gasteiger charge is 2.27. The van der Waals surface area contributed by atoms with Crippen molar-refractivity contribution in [1.82, 2.24) is 10.6 Å². The number of amides is 2. The van der Waals surface area contributed by atoms with Crippen molar-refractivity contribution in [3.8, 4) is 0 Å². The van der Waals surface area contributed by atoms with Crippen molar-refractivity contribution in [2.75, 3.05) is 0 Å². The molecule has 8 heteroatoms. The van der Waals surface area contributed by atoms with Gasteiger partial charge in [-0.3, -0.25) is 9.59 Å². The van der Waals surface area contributed by atoms with E-state index in [0.29, 0.717) is 0 Å². The number of aliphatic carboxylic acids is 1. The number of carboxylic acid groups (broad SMARTS) is 1.